The molecule has 2 amide bonds. The van der Waals surface area contributed by atoms with Crippen molar-refractivity contribution in [3.63, 3.8) is 0 Å². The number of nitrogens with zero attached hydrogens (tertiary/aromatic N) is 1. The van der Waals surface area contributed by atoms with E-state index in [1.807, 2.05) is 0 Å². The van der Waals surface area contributed by atoms with Gasteiger partial charge in [0.2, 0.25) is 5.91 Å². The van der Waals surface area contributed by atoms with Gasteiger partial charge in [0, 0.05) is 18.7 Å². The summed E-state index contributed by atoms with van der Waals surface area (Å²) in [5.74, 6) is -0.755. The average Bonchev–Trinajstić information content (AvgIpc) is 3.20. The number of alkyl halides is 3. The predicted octanol–water partition coefficient (Wildman–Crippen LogP) is 2.06. The summed E-state index contributed by atoms with van der Waals surface area (Å²) in [6, 6.07) is 4.13. The molecule has 4 nitrogen and oxygen atoms in total. The Morgan fingerprint density at radius 2 is 1.81 bits per heavy atom. The first-order valence-electron chi connectivity index (χ1n) is 6.49. The molecular formula is C14H15F3N2O2. The smallest absolute Gasteiger partial charge is 0.352 e. The van der Waals surface area contributed by atoms with E-state index in [-0.39, 0.29) is 24.1 Å². The number of hydrogen-bond donors (Lipinski definition) is 1. The van der Waals surface area contributed by atoms with E-state index in [1.165, 1.54) is 11.9 Å². The van der Waals surface area contributed by atoms with Gasteiger partial charge < -0.3 is 10.2 Å². The summed E-state index contributed by atoms with van der Waals surface area (Å²) in [4.78, 5) is 24.8. The van der Waals surface area contributed by atoms with Crippen molar-refractivity contribution in [2.24, 2.45) is 0 Å². The number of carbonyl (C=O) groups excluding carboxylic acids is 2. The molecule has 0 saturated heterocycles. The van der Waals surface area contributed by atoms with Crippen molar-refractivity contribution in [3.05, 3.63) is 35.4 Å². The minimum Gasteiger partial charge on any atom is -0.352 e. The molecule has 7 heteroatoms. The van der Waals surface area contributed by atoms with E-state index in [2.05, 4.69) is 5.32 Å². The van der Waals surface area contributed by atoms with Gasteiger partial charge in [-0.1, -0.05) is 0 Å². The van der Waals surface area contributed by atoms with Gasteiger partial charge in [0.25, 0.3) is 5.91 Å². The Morgan fingerprint density at radius 1 is 1.24 bits per heavy atom. The summed E-state index contributed by atoms with van der Waals surface area (Å²) in [7, 11) is 1.44. The van der Waals surface area contributed by atoms with Crippen LogP contribution in [0, 0.1) is 0 Å². The zero-order valence-corrected chi connectivity index (χ0v) is 11.4. The van der Waals surface area contributed by atoms with Crippen LogP contribution in [0.5, 0.6) is 0 Å². The minimum atomic E-state index is -4.43. The summed E-state index contributed by atoms with van der Waals surface area (Å²) in [6.07, 6.45) is -2.54. The molecule has 1 aliphatic rings. The summed E-state index contributed by atoms with van der Waals surface area (Å²) >= 11 is 0. The van der Waals surface area contributed by atoms with Crippen LogP contribution in [-0.4, -0.2) is 36.3 Å². The Hall–Kier alpha value is -2.05. The first-order chi connectivity index (χ1) is 9.77. The molecule has 0 spiro atoms. The maximum Gasteiger partial charge on any atom is 0.416 e. The lowest BCUT2D eigenvalue weighted by Gasteiger charge is -2.17. The second kappa shape index (κ2) is 5.75. The molecule has 1 N–H and O–H groups in total. The van der Waals surface area contributed by atoms with Gasteiger partial charge in [0.15, 0.2) is 0 Å². The molecule has 0 radical (unpaired) electrons. The number of carbonyl (C=O) groups is 2. The molecule has 2 rings (SSSR count). The molecule has 0 unspecified atom stereocenters. The largest absolute Gasteiger partial charge is 0.416 e. The van der Waals surface area contributed by atoms with Gasteiger partial charge in [-0.2, -0.15) is 13.2 Å². The molecule has 0 aliphatic heterocycles. The topological polar surface area (TPSA) is 49.4 Å². The van der Waals surface area contributed by atoms with E-state index in [4.69, 9.17) is 0 Å². The number of likely N-dealkylation sites (N-methyl/N-ethyl adjacent to an activating group) is 1. The van der Waals surface area contributed by atoms with Gasteiger partial charge >= 0.3 is 6.18 Å². The number of hydrogen-bond acceptors (Lipinski definition) is 2. The maximum absolute atomic E-state index is 12.4. The van der Waals surface area contributed by atoms with Crippen LogP contribution in [0.25, 0.3) is 0 Å². The van der Waals surface area contributed by atoms with Crippen molar-refractivity contribution in [2.75, 3.05) is 13.6 Å². The fraction of sp³-hybridized carbons (Fsp3) is 0.429. The molecule has 21 heavy (non-hydrogen) atoms. The molecule has 0 heterocycles. The van der Waals surface area contributed by atoms with Crippen LogP contribution in [0.15, 0.2) is 24.3 Å². The third-order valence-corrected chi connectivity index (χ3v) is 3.13. The fourth-order valence-electron chi connectivity index (χ4n) is 1.81. The maximum atomic E-state index is 12.4. The van der Waals surface area contributed by atoms with Crippen molar-refractivity contribution in [3.8, 4) is 0 Å². The molecule has 0 bridgehead atoms. The number of nitrogens with one attached hydrogen (secondary N) is 1. The number of amides is 2. The van der Waals surface area contributed by atoms with E-state index in [0.717, 1.165) is 37.1 Å². The van der Waals surface area contributed by atoms with Gasteiger partial charge in [-0.3, -0.25) is 9.59 Å². The number of benzene rings is 1. The first-order valence-corrected chi connectivity index (χ1v) is 6.49. The lowest BCUT2D eigenvalue weighted by Crippen LogP contribution is -2.39. The third kappa shape index (κ3) is 4.21. The Bertz CT molecular complexity index is 536. The molecule has 114 valence electrons. The highest BCUT2D eigenvalue weighted by molar-refractivity contribution is 5.96. The Labute approximate surface area is 119 Å². The van der Waals surface area contributed by atoms with Crippen LogP contribution in [0.2, 0.25) is 0 Å². The summed E-state index contributed by atoms with van der Waals surface area (Å²) in [6.45, 7) is -0.115. The van der Waals surface area contributed by atoms with E-state index >= 15 is 0 Å². The zero-order valence-electron chi connectivity index (χ0n) is 11.4. The third-order valence-electron chi connectivity index (χ3n) is 3.13. The molecule has 1 fully saturated rings. The van der Waals surface area contributed by atoms with E-state index in [9.17, 15) is 22.8 Å². The van der Waals surface area contributed by atoms with Gasteiger partial charge in [-0.05, 0) is 37.1 Å². The summed E-state index contributed by atoms with van der Waals surface area (Å²) in [5, 5.41) is 2.74. The Kier molecular flexibility index (Phi) is 4.20. The predicted molar refractivity (Wildman–Crippen MR) is 69.6 cm³/mol. The van der Waals surface area contributed by atoms with Crippen LogP contribution >= 0.6 is 0 Å². The quantitative estimate of drug-likeness (QED) is 0.925. The molecule has 1 aromatic carbocycles. The molecule has 1 aromatic rings. The number of rotatable bonds is 4. The SMILES string of the molecule is CN(CC(=O)NC1CC1)C(=O)c1ccc(C(F)(F)F)cc1. The minimum absolute atomic E-state index is 0.115. The van der Waals surface area contributed by atoms with E-state index in [0.29, 0.717) is 0 Å². The molecule has 0 aromatic heterocycles. The van der Waals surface area contributed by atoms with Crippen molar-refractivity contribution < 1.29 is 22.8 Å². The van der Waals surface area contributed by atoms with Crippen LogP contribution in [0.3, 0.4) is 0 Å². The lowest BCUT2D eigenvalue weighted by atomic mass is 10.1. The van der Waals surface area contributed by atoms with Crippen molar-refractivity contribution >= 4 is 11.8 Å². The van der Waals surface area contributed by atoms with Gasteiger partial charge in [0.05, 0.1) is 12.1 Å². The van der Waals surface area contributed by atoms with Crippen LogP contribution in [0.1, 0.15) is 28.8 Å². The molecular weight excluding hydrogens is 285 g/mol. The summed E-state index contributed by atoms with van der Waals surface area (Å²) < 4.78 is 37.3. The summed E-state index contributed by atoms with van der Waals surface area (Å²) in [5.41, 5.74) is -0.696. The van der Waals surface area contributed by atoms with Crippen LogP contribution < -0.4 is 5.32 Å². The van der Waals surface area contributed by atoms with Crippen LogP contribution in [0.4, 0.5) is 13.2 Å². The highest BCUT2D eigenvalue weighted by atomic mass is 19.4. The van der Waals surface area contributed by atoms with Crippen molar-refractivity contribution in [1.82, 2.24) is 10.2 Å². The van der Waals surface area contributed by atoms with Gasteiger partial charge in [0.1, 0.15) is 0 Å². The monoisotopic (exact) mass is 300 g/mol. The lowest BCUT2D eigenvalue weighted by molar-refractivity contribution is -0.137. The normalized spacial score (nSPS) is 14.7. The second-order valence-corrected chi connectivity index (χ2v) is 5.08. The first kappa shape index (κ1) is 15.3. The second-order valence-electron chi connectivity index (χ2n) is 5.08. The highest BCUT2D eigenvalue weighted by Crippen LogP contribution is 2.29. The van der Waals surface area contributed by atoms with Crippen molar-refractivity contribution in [1.29, 1.82) is 0 Å². The fourth-order valence-corrected chi connectivity index (χ4v) is 1.81. The standard InChI is InChI=1S/C14H15F3N2O2/c1-19(8-12(20)18-11-6-7-11)13(21)9-2-4-10(5-3-9)14(15,16)17/h2-5,11H,6-8H2,1H3,(H,18,20). The average molecular weight is 300 g/mol. The molecule has 1 saturated carbocycles. The zero-order chi connectivity index (χ0) is 15.6. The van der Waals surface area contributed by atoms with Gasteiger partial charge in [-0.15, -0.1) is 0 Å². The van der Waals surface area contributed by atoms with E-state index < -0.39 is 17.6 Å². The van der Waals surface area contributed by atoms with Crippen molar-refractivity contribution in [2.45, 2.75) is 25.1 Å². The van der Waals surface area contributed by atoms with E-state index in [1.54, 1.807) is 0 Å². The van der Waals surface area contributed by atoms with Crippen LogP contribution in [-0.2, 0) is 11.0 Å². The Morgan fingerprint density at radius 3 is 2.29 bits per heavy atom. The molecule has 0 atom stereocenters. The highest BCUT2D eigenvalue weighted by Gasteiger charge is 2.30. The number of halogens is 3. The van der Waals surface area contributed by atoms with Gasteiger partial charge in [-0.25, -0.2) is 0 Å². The molecule has 1 aliphatic carbocycles. The Balaban J connectivity index is 1.96.